The topological polar surface area (TPSA) is 148 Å². The molecular formula is C31H35N5O6. The highest BCUT2D eigenvalue weighted by molar-refractivity contribution is 6.09. The number of fused-ring (bicyclic) bond motifs is 1. The maximum atomic E-state index is 13.1. The number of benzene rings is 3. The maximum Gasteiger partial charge on any atom is 0.323 e. The standard InChI is InChI=1S/C29H29N5O6.C2H6/c1-18-5-3-4-6-23(18)32-29(40)31-21-10-8-20(9-11-21)30-25(35)16-19-7-12-24-22(15-19)28(39)34(14-13-27(37)38)17-26(36)33(24)2;1-2/h3-12,15H,13-14,16-17H2,1-2H3,(H,30,35)(H,37,38)(H2,31,32,40);1-2H3. The van der Waals surface area contributed by atoms with Crippen LogP contribution >= 0.6 is 0 Å². The number of carboxylic acids is 1. The molecule has 11 nitrogen and oxygen atoms in total. The van der Waals surface area contributed by atoms with Crippen molar-refractivity contribution in [1.29, 1.82) is 0 Å². The van der Waals surface area contributed by atoms with Gasteiger partial charge in [0.1, 0.15) is 6.54 Å². The third-order valence-electron chi connectivity index (χ3n) is 6.42. The average Bonchev–Trinajstić information content (AvgIpc) is 3.05. The molecule has 0 saturated heterocycles. The number of hydrogen-bond acceptors (Lipinski definition) is 5. The second kappa shape index (κ2) is 14.4. The smallest absolute Gasteiger partial charge is 0.323 e. The van der Waals surface area contributed by atoms with Gasteiger partial charge in [0.05, 0.1) is 24.1 Å². The number of aliphatic carboxylic acids is 1. The molecule has 4 rings (SSSR count). The lowest BCUT2D eigenvalue weighted by Crippen LogP contribution is -2.38. The van der Waals surface area contributed by atoms with Gasteiger partial charge in [0.2, 0.25) is 11.8 Å². The summed E-state index contributed by atoms with van der Waals surface area (Å²) in [6.07, 6.45) is -0.321. The minimum Gasteiger partial charge on any atom is -0.481 e. The number of amides is 5. The van der Waals surface area contributed by atoms with Crippen LogP contribution in [0.4, 0.5) is 27.5 Å². The molecular weight excluding hydrogens is 538 g/mol. The van der Waals surface area contributed by atoms with E-state index >= 15 is 0 Å². The molecule has 0 aliphatic carbocycles. The monoisotopic (exact) mass is 573 g/mol. The van der Waals surface area contributed by atoms with E-state index in [0.717, 1.165) is 5.56 Å². The number of carbonyl (C=O) groups is 5. The molecule has 0 unspecified atom stereocenters. The minimum atomic E-state index is -1.07. The Balaban J connectivity index is 0.00000237. The fourth-order valence-electron chi connectivity index (χ4n) is 4.24. The number of carboxylic acid groups (broad SMARTS) is 1. The van der Waals surface area contributed by atoms with Crippen molar-refractivity contribution < 1.29 is 29.1 Å². The molecule has 220 valence electrons. The molecule has 42 heavy (non-hydrogen) atoms. The Labute approximate surface area is 244 Å². The number of carbonyl (C=O) groups excluding carboxylic acids is 4. The van der Waals surface area contributed by atoms with E-state index in [1.165, 1.54) is 9.80 Å². The predicted molar refractivity (Wildman–Crippen MR) is 162 cm³/mol. The Morgan fingerprint density at radius 3 is 2.17 bits per heavy atom. The first-order chi connectivity index (χ1) is 20.1. The Bertz CT molecular complexity index is 1470. The molecule has 3 aromatic rings. The van der Waals surface area contributed by atoms with Crippen LogP contribution in [0, 0.1) is 6.92 Å². The van der Waals surface area contributed by atoms with Crippen molar-refractivity contribution in [2.45, 2.75) is 33.6 Å². The highest BCUT2D eigenvalue weighted by Gasteiger charge is 2.30. The summed E-state index contributed by atoms with van der Waals surface area (Å²) in [4.78, 5) is 64.2. The number of aryl methyl sites for hydroxylation is 1. The van der Waals surface area contributed by atoms with Gasteiger partial charge in [0.15, 0.2) is 0 Å². The van der Waals surface area contributed by atoms with Crippen molar-refractivity contribution in [2.24, 2.45) is 0 Å². The number of para-hydroxylation sites is 1. The molecule has 5 amide bonds. The number of hydrogen-bond donors (Lipinski definition) is 4. The first-order valence-corrected chi connectivity index (χ1v) is 13.5. The summed E-state index contributed by atoms with van der Waals surface area (Å²) in [6, 6.07) is 18.5. The van der Waals surface area contributed by atoms with E-state index in [1.807, 2.05) is 39.0 Å². The first-order valence-electron chi connectivity index (χ1n) is 13.5. The molecule has 0 saturated carbocycles. The van der Waals surface area contributed by atoms with E-state index in [4.69, 9.17) is 5.11 Å². The van der Waals surface area contributed by atoms with E-state index in [9.17, 15) is 24.0 Å². The molecule has 11 heteroatoms. The number of nitrogens with one attached hydrogen (secondary N) is 3. The van der Waals surface area contributed by atoms with Gasteiger partial charge in [-0.15, -0.1) is 0 Å². The van der Waals surface area contributed by atoms with E-state index < -0.39 is 17.9 Å². The summed E-state index contributed by atoms with van der Waals surface area (Å²) in [6.45, 7) is 5.56. The van der Waals surface area contributed by atoms with Gasteiger partial charge in [-0.3, -0.25) is 19.2 Å². The SMILES string of the molecule is CC.Cc1ccccc1NC(=O)Nc1ccc(NC(=O)Cc2ccc3c(c2)C(=O)N(CCC(=O)O)CC(=O)N3C)cc1. The second-order valence-electron chi connectivity index (χ2n) is 9.37. The van der Waals surface area contributed by atoms with Crippen LogP contribution in [0.5, 0.6) is 0 Å². The molecule has 1 heterocycles. The number of rotatable bonds is 8. The van der Waals surface area contributed by atoms with E-state index in [2.05, 4.69) is 16.0 Å². The summed E-state index contributed by atoms with van der Waals surface area (Å²) < 4.78 is 0. The lowest BCUT2D eigenvalue weighted by atomic mass is 10.0. The van der Waals surface area contributed by atoms with E-state index in [0.29, 0.717) is 28.3 Å². The third kappa shape index (κ3) is 8.17. The zero-order chi connectivity index (χ0) is 30.8. The van der Waals surface area contributed by atoms with Crippen molar-refractivity contribution in [2.75, 3.05) is 41.0 Å². The molecule has 1 aliphatic heterocycles. The van der Waals surface area contributed by atoms with Gasteiger partial charge < -0.3 is 30.9 Å². The number of urea groups is 1. The van der Waals surface area contributed by atoms with Gasteiger partial charge in [0, 0.05) is 30.7 Å². The average molecular weight is 574 g/mol. The second-order valence-corrected chi connectivity index (χ2v) is 9.37. The van der Waals surface area contributed by atoms with Crippen LogP contribution in [-0.4, -0.2) is 59.9 Å². The van der Waals surface area contributed by atoms with Gasteiger partial charge in [-0.1, -0.05) is 38.1 Å². The van der Waals surface area contributed by atoms with Gasteiger partial charge >= 0.3 is 12.0 Å². The van der Waals surface area contributed by atoms with Crippen LogP contribution in [0.3, 0.4) is 0 Å². The molecule has 0 fully saturated rings. The maximum absolute atomic E-state index is 13.1. The normalized spacial score (nSPS) is 12.4. The quantitative estimate of drug-likeness (QED) is 0.306. The van der Waals surface area contributed by atoms with Crippen molar-refractivity contribution in [3.05, 3.63) is 83.4 Å². The lowest BCUT2D eigenvalue weighted by molar-refractivity contribution is -0.137. The Morgan fingerprint density at radius 2 is 1.52 bits per heavy atom. The lowest BCUT2D eigenvalue weighted by Gasteiger charge is -2.19. The molecule has 0 bridgehead atoms. The van der Waals surface area contributed by atoms with Crippen molar-refractivity contribution in [3.8, 4) is 0 Å². The molecule has 0 aromatic heterocycles. The summed E-state index contributed by atoms with van der Waals surface area (Å²) in [5.41, 5.74) is 3.87. The van der Waals surface area contributed by atoms with Crippen LogP contribution in [0.2, 0.25) is 0 Å². The van der Waals surface area contributed by atoms with Gasteiger partial charge in [-0.05, 0) is 60.5 Å². The highest BCUT2D eigenvalue weighted by atomic mass is 16.4. The van der Waals surface area contributed by atoms with Gasteiger partial charge in [-0.2, -0.15) is 0 Å². The van der Waals surface area contributed by atoms with Crippen molar-refractivity contribution >= 4 is 52.5 Å². The summed E-state index contributed by atoms with van der Waals surface area (Å²) in [5, 5.41) is 17.3. The Kier molecular flexibility index (Phi) is 10.8. The first kappa shape index (κ1) is 31.3. The molecule has 4 N–H and O–H groups in total. The fourth-order valence-corrected chi connectivity index (χ4v) is 4.24. The zero-order valence-electron chi connectivity index (χ0n) is 24.1. The van der Waals surface area contributed by atoms with Crippen LogP contribution in [0.1, 0.15) is 41.8 Å². The van der Waals surface area contributed by atoms with Crippen LogP contribution in [0.15, 0.2) is 66.7 Å². The molecule has 0 radical (unpaired) electrons. The summed E-state index contributed by atoms with van der Waals surface area (Å²) in [7, 11) is 1.55. The number of nitrogens with zero attached hydrogens (tertiary/aromatic N) is 2. The van der Waals surface area contributed by atoms with Gasteiger partial charge in [-0.25, -0.2) is 4.79 Å². The third-order valence-corrected chi connectivity index (χ3v) is 6.42. The van der Waals surface area contributed by atoms with Gasteiger partial charge in [0.25, 0.3) is 5.91 Å². The van der Waals surface area contributed by atoms with Crippen LogP contribution in [0.25, 0.3) is 0 Å². The fraction of sp³-hybridized carbons (Fsp3) is 0.258. The molecule has 0 atom stereocenters. The van der Waals surface area contributed by atoms with Crippen LogP contribution < -0.4 is 20.9 Å². The Hall–Kier alpha value is -5.19. The number of likely N-dealkylation sites (N-methyl/N-ethyl adjacent to an activating group) is 1. The molecule has 0 spiro atoms. The summed E-state index contributed by atoms with van der Waals surface area (Å²) in [5.74, 6) is -2.21. The van der Waals surface area contributed by atoms with E-state index in [-0.39, 0.29) is 43.3 Å². The summed E-state index contributed by atoms with van der Waals surface area (Å²) >= 11 is 0. The minimum absolute atomic E-state index is 0.0355. The highest BCUT2D eigenvalue weighted by Crippen LogP contribution is 2.26. The molecule has 1 aliphatic rings. The van der Waals surface area contributed by atoms with E-state index in [1.54, 1.807) is 55.6 Å². The predicted octanol–water partition coefficient (Wildman–Crippen LogP) is 4.74. The zero-order valence-corrected chi connectivity index (χ0v) is 24.1. The van der Waals surface area contributed by atoms with Crippen molar-refractivity contribution in [3.63, 3.8) is 0 Å². The largest absolute Gasteiger partial charge is 0.481 e. The Morgan fingerprint density at radius 1 is 0.881 bits per heavy atom. The van der Waals surface area contributed by atoms with Crippen LogP contribution in [-0.2, 0) is 20.8 Å². The van der Waals surface area contributed by atoms with Crippen molar-refractivity contribution in [1.82, 2.24) is 4.90 Å². The number of anilines is 4. The molecule has 3 aromatic carbocycles.